The molecule has 0 saturated heterocycles. The van der Waals surface area contributed by atoms with E-state index in [0.717, 1.165) is 18.0 Å². The van der Waals surface area contributed by atoms with Gasteiger partial charge in [-0.25, -0.2) is 9.97 Å². The highest BCUT2D eigenvalue weighted by Crippen LogP contribution is 2.19. The van der Waals surface area contributed by atoms with Crippen molar-refractivity contribution in [3.05, 3.63) is 42.4 Å². The van der Waals surface area contributed by atoms with Crippen molar-refractivity contribution in [2.75, 3.05) is 39.1 Å². The average molecular weight is 329 g/mol. The Balaban J connectivity index is 1.97. The van der Waals surface area contributed by atoms with Crippen LogP contribution in [0, 0.1) is 0 Å². The molecular formula is C17H23N5O2. The number of nitrogens with one attached hydrogen (secondary N) is 2. The predicted octanol–water partition coefficient (Wildman–Crippen LogP) is 1.91. The Bertz CT molecular complexity index is 658. The topological polar surface area (TPSA) is 79.4 Å². The van der Waals surface area contributed by atoms with Crippen LogP contribution in [0.3, 0.4) is 0 Å². The third kappa shape index (κ3) is 5.51. The molecule has 1 aromatic carbocycles. The van der Waals surface area contributed by atoms with E-state index in [-0.39, 0.29) is 5.91 Å². The second kappa shape index (κ2) is 8.83. The molecule has 0 aliphatic rings. The largest absolute Gasteiger partial charge is 0.494 e. The molecule has 0 aliphatic heterocycles. The molecule has 24 heavy (non-hydrogen) atoms. The fraction of sp³-hybridized carbons (Fsp3) is 0.353. The summed E-state index contributed by atoms with van der Waals surface area (Å²) in [4.78, 5) is 22.2. The second-order valence-corrected chi connectivity index (χ2v) is 5.43. The molecule has 7 heteroatoms. The lowest BCUT2D eigenvalue weighted by molar-refractivity contribution is 0.0946. The van der Waals surface area contributed by atoms with Crippen LogP contribution in [0.2, 0.25) is 0 Å². The van der Waals surface area contributed by atoms with Crippen LogP contribution in [0.15, 0.2) is 36.7 Å². The molecule has 2 N–H and O–H groups in total. The van der Waals surface area contributed by atoms with Gasteiger partial charge >= 0.3 is 0 Å². The first kappa shape index (κ1) is 17.7. The fourth-order valence-electron chi connectivity index (χ4n) is 1.98. The Morgan fingerprint density at radius 1 is 1.21 bits per heavy atom. The molecule has 0 bridgehead atoms. The summed E-state index contributed by atoms with van der Waals surface area (Å²) in [6, 6.07) is 9.17. The van der Waals surface area contributed by atoms with E-state index in [0.29, 0.717) is 24.7 Å². The predicted molar refractivity (Wildman–Crippen MR) is 93.8 cm³/mol. The van der Waals surface area contributed by atoms with E-state index < -0.39 is 0 Å². The van der Waals surface area contributed by atoms with Crippen LogP contribution in [-0.4, -0.2) is 54.6 Å². The normalized spacial score (nSPS) is 10.5. The van der Waals surface area contributed by atoms with Gasteiger partial charge in [-0.3, -0.25) is 4.79 Å². The molecule has 2 rings (SSSR count). The Labute approximate surface area is 142 Å². The van der Waals surface area contributed by atoms with Crippen molar-refractivity contribution in [2.45, 2.75) is 6.92 Å². The van der Waals surface area contributed by atoms with Gasteiger partial charge in [0.25, 0.3) is 5.91 Å². The molecule has 0 spiro atoms. The summed E-state index contributed by atoms with van der Waals surface area (Å²) in [5.41, 5.74) is 1.19. The van der Waals surface area contributed by atoms with Crippen molar-refractivity contribution in [3.8, 4) is 5.75 Å². The minimum atomic E-state index is -0.214. The van der Waals surface area contributed by atoms with Crippen LogP contribution in [0.25, 0.3) is 0 Å². The van der Waals surface area contributed by atoms with Crippen molar-refractivity contribution in [2.24, 2.45) is 0 Å². The number of ether oxygens (including phenoxy) is 1. The number of hydrogen-bond donors (Lipinski definition) is 2. The third-order valence-corrected chi connectivity index (χ3v) is 3.18. The number of anilines is 2. The molecule has 2 aromatic rings. The van der Waals surface area contributed by atoms with Gasteiger partial charge < -0.3 is 20.3 Å². The lowest BCUT2D eigenvalue weighted by Gasteiger charge is -2.11. The van der Waals surface area contributed by atoms with Gasteiger partial charge in [-0.15, -0.1) is 0 Å². The molecule has 1 amide bonds. The molecule has 0 unspecified atom stereocenters. The van der Waals surface area contributed by atoms with Crippen molar-refractivity contribution >= 4 is 17.4 Å². The zero-order valence-electron chi connectivity index (χ0n) is 14.2. The summed E-state index contributed by atoms with van der Waals surface area (Å²) < 4.78 is 5.41. The van der Waals surface area contributed by atoms with Gasteiger partial charge in [-0.2, -0.15) is 0 Å². The van der Waals surface area contributed by atoms with Crippen molar-refractivity contribution in [1.82, 2.24) is 20.2 Å². The zero-order valence-corrected chi connectivity index (χ0v) is 14.2. The van der Waals surface area contributed by atoms with E-state index in [9.17, 15) is 4.79 Å². The number of amides is 1. The summed E-state index contributed by atoms with van der Waals surface area (Å²) in [6.07, 6.45) is 1.37. The minimum Gasteiger partial charge on any atom is -0.494 e. The number of aromatic nitrogens is 2. The molecule has 0 fully saturated rings. The van der Waals surface area contributed by atoms with Gasteiger partial charge in [0.2, 0.25) is 0 Å². The van der Waals surface area contributed by atoms with Crippen LogP contribution in [0.4, 0.5) is 11.5 Å². The molecule has 0 atom stereocenters. The summed E-state index contributed by atoms with van der Waals surface area (Å²) in [7, 11) is 3.91. The van der Waals surface area contributed by atoms with Gasteiger partial charge in [0.1, 0.15) is 23.6 Å². The number of likely N-dealkylation sites (N-methyl/N-ethyl adjacent to an activating group) is 1. The Kier molecular flexibility index (Phi) is 6.51. The zero-order chi connectivity index (χ0) is 17.4. The van der Waals surface area contributed by atoms with Gasteiger partial charge in [0.05, 0.1) is 6.61 Å². The van der Waals surface area contributed by atoms with E-state index in [2.05, 4.69) is 20.6 Å². The second-order valence-electron chi connectivity index (χ2n) is 5.43. The number of benzene rings is 1. The molecule has 1 aromatic heterocycles. The molecule has 0 radical (unpaired) electrons. The lowest BCUT2D eigenvalue weighted by Crippen LogP contribution is -2.31. The van der Waals surface area contributed by atoms with Crippen molar-refractivity contribution in [1.29, 1.82) is 0 Å². The smallest absolute Gasteiger partial charge is 0.270 e. The van der Waals surface area contributed by atoms with Gasteiger partial charge in [0, 0.05) is 24.8 Å². The maximum atomic E-state index is 12.1. The average Bonchev–Trinajstić information content (AvgIpc) is 2.57. The molecule has 1 heterocycles. The first-order valence-electron chi connectivity index (χ1n) is 7.83. The number of hydrogen-bond acceptors (Lipinski definition) is 6. The van der Waals surface area contributed by atoms with E-state index in [1.54, 1.807) is 6.07 Å². The van der Waals surface area contributed by atoms with Crippen LogP contribution in [0.5, 0.6) is 5.75 Å². The molecule has 7 nitrogen and oxygen atoms in total. The van der Waals surface area contributed by atoms with Gasteiger partial charge in [0.15, 0.2) is 0 Å². The highest BCUT2D eigenvalue weighted by molar-refractivity contribution is 5.92. The molecular weight excluding hydrogens is 306 g/mol. The van der Waals surface area contributed by atoms with Crippen LogP contribution >= 0.6 is 0 Å². The lowest BCUT2D eigenvalue weighted by atomic mass is 10.3. The van der Waals surface area contributed by atoms with E-state index in [1.165, 1.54) is 6.33 Å². The summed E-state index contributed by atoms with van der Waals surface area (Å²) in [5, 5.41) is 5.98. The number of nitrogens with zero attached hydrogens (tertiary/aromatic N) is 3. The highest BCUT2D eigenvalue weighted by atomic mass is 16.5. The molecule has 128 valence electrons. The fourth-order valence-corrected chi connectivity index (χ4v) is 1.98. The van der Waals surface area contributed by atoms with Crippen LogP contribution < -0.4 is 15.4 Å². The Hall–Kier alpha value is -2.67. The molecule has 0 saturated carbocycles. The van der Waals surface area contributed by atoms with Crippen molar-refractivity contribution < 1.29 is 9.53 Å². The first-order valence-corrected chi connectivity index (χ1v) is 7.83. The first-order chi connectivity index (χ1) is 11.6. The number of carbonyl (C=O) groups excluding carboxylic acids is 1. The Morgan fingerprint density at radius 2 is 1.96 bits per heavy atom. The summed E-state index contributed by atoms with van der Waals surface area (Å²) in [5.74, 6) is 1.16. The maximum Gasteiger partial charge on any atom is 0.270 e. The van der Waals surface area contributed by atoms with Crippen molar-refractivity contribution in [3.63, 3.8) is 0 Å². The number of carbonyl (C=O) groups is 1. The summed E-state index contributed by atoms with van der Waals surface area (Å²) >= 11 is 0. The Morgan fingerprint density at radius 3 is 2.62 bits per heavy atom. The SMILES string of the molecule is CCOc1ccc(Nc2cc(C(=O)NCCN(C)C)ncn2)cc1. The molecule has 0 aliphatic carbocycles. The summed E-state index contributed by atoms with van der Waals surface area (Å²) in [6.45, 7) is 3.91. The minimum absolute atomic E-state index is 0.214. The monoisotopic (exact) mass is 329 g/mol. The van der Waals surface area contributed by atoms with E-state index >= 15 is 0 Å². The van der Waals surface area contributed by atoms with E-state index in [4.69, 9.17) is 4.74 Å². The number of rotatable bonds is 8. The highest BCUT2D eigenvalue weighted by Gasteiger charge is 2.08. The van der Waals surface area contributed by atoms with Crippen LogP contribution in [0.1, 0.15) is 17.4 Å². The maximum absolute atomic E-state index is 12.1. The van der Waals surface area contributed by atoms with Gasteiger partial charge in [-0.1, -0.05) is 0 Å². The van der Waals surface area contributed by atoms with Crippen LogP contribution in [-0.2, 0) is 0 Å². The van der Waals surface area contributed by atoms with Gasteiger partial charge in [-0.05, 0) is 45.3 Å². The quantitative estimate of drug-likeness (QED) is 0.770. The van der Waals surface area contributed by atoms with E-state index in [1.807, 2.05) is 50.2 Å². The third-order valence-electron chi connectivity index (χ3n) is 3.18. The standard InChI is InChI=1S/C17H23N5O2/c1-4-24-14-7-5-13(6-8-14)21-16-11-15(19-12-20-16)17(23)18-9-10-22(2)3/h5-8,11-12H,4,9-10H2,1-3H3,(H,18,23)(H,19,20,21).